The molecule has 0 spiro atoms. The Hall–Kier alpha value is -2.57. The van der Waals surface area contributed by atoms with Crippen LogP contribution in [0.1, 0.15) is 19.4 Å². The van der Waals surface area contributed by atoms with E-state index in [1.807, 2.05) is 0 Å². The van der Waals surface area contributed by atoms with Gasteiger partial charge in [-0.05, 0) is 48.0 Å². The summed E-state index contributed by atoms with van der Waals surface area (Å²) < 4.78 is 58.4. The first-order valence-electron chi connectivity index (χ1n) is 11.0. The van der Waals surface area contributed by atoms with E-state index >= 15 is 0 Å². The van der Waals surface area contributed by atoms with Crippen molar-refractivity contribution in [2.75, 3.05) is 44.7 Å². The van der Waals surface area contributed by atoms with Gasteiger partial charge in [0.05, 0.1) is 23.0 Å². The number of rotatable bonds is 9. The van der Waals surface area contributed by atoms with Crippen LogP contribution < -0.4 is 5.32 Å². The highest BCUT2D eigenvalue weighted by molar-refractivity contribution is 7.89. The Kier molecular flexibility index (Phi) is 8.61. The average molecular weight is 508 g/mol. The van der Waals surface area contributed by atoms with Gasteiger partial charge in [-0.2, -0.15) is 8.61 Å². The predicted molar refractivity (Wildman–Crippen MR) is 130 cm³/mol. The van der Waals surface area contributed by atoms with Crippen LogP contribution in [0.15, 0.2) is 64.4 Å². The average Bonchev–Trinajstić information content (AvgIpc) is 2.84. The summed E-state index contributed by atoms with van der Waals surface area (Å²) >= 11 is 0. The van der Waals surface area contributed by atoms with Crippen molar-refractivity contribution in [1.82, 2.24) is 8.61 Å². The summed E-state index contributed by atoms with van der Waals surface area (Å²) in [5.74, 6) is -0.399. The first-order valence-corrected chi connectivity index (χ1v) is 13.8. The molecule has 1 amide bonds. The summed E-state index contributed by atoms with van der Waals surface area (Å²) in [7, 11) is -7.13. The number of benzene rings is 2. The number of sulfonamides is 2. The number of carbonyl (C=O) groups is 1. The van der Waals surface area contributed by atoms with Crippen LogP contribution >= 0.6 is 0 Å². The predicted octanol–water partition coefficient (Wildman–Crippen LogP) is 2.39. The van der Waals surface area contributed by atoms with Crippen molar-refractivity contribution >= 4 is 37.7 Å². The number of amides is 1. The molecule has 9 nitrogen and oxygen atoms in total. The molecule has 184 valence electrons. The van der Waals surface area contributed by atoms with Crippen LogP contribution in [-0.2, 0) is 29.6 Å². The van der Waals surface area contributed by atoms with E-state index in [0.717, 1.165) is 0 Å². The van der Waals surface area contributed by atoms with Gasteiger partial charge in [0.15, 0.2) is 0 Å². The van der Waals surface area contributed by atoms with Gasteiger partial charge in [-0.15, -0.1) is 0 Å². The van der Waals surface area contributed by atoms with Crippen molar-refractivity contribution in [3.05, 3.63) is 60.2 Å². The highest BCUT2D eigenvalue weighted by atomic mass is 32.2. The Morgan fingerprint density at radius 3 is 2.06 bits per heavy atom. The lowest BCUT2D eigenvalue weighted by Crippen LogP contribution is -2.40. The van der Waals surface area contributed by atoms with Crippen LogP contribution in [0.25, 0.3) is 6.08 Å². The molecule has 1 fully saturated rings. The van der Waals surface area contributed by atoms with Crippen molar-refractivity contribution in [3.63, 3.8) is 0 Å². The molecule has 1 aliphatic heterocycles. The number of nitrogens with zero attached hydrogens (tertiary/aromatic N) is 2. The quantitative estimate of drug-likeness (QED) is 0.522. The van der Waals surface area contributed by atoms with Gasteiger partial charge in [-0.1, -0.05) is 26.0 Å². The normalized spacial score (nSPS) is 15.6. The minimum atomic E-state index is -3.60. The molecule has 1 heterocycles. The molecule has 0 aromatic heterocycles. The molecular formula is C23H29N3O6S2. The second-order valence-corrected chi connectivity index (χ2v) is 11.4. The highest BCUT2D eigenvalue weighted by Crippen LogP contribution is 2.20. The molecule has 0 radical (unpaired) electrons. The SMILES string of the molecule is CCN(CC)S(=O)(=O)c1ccc(C=CC(=O)Nc2ccc(S(=O)(=O)N3CCOCC3)cc2)cc1. The molecule has 0 atom stereocenters. The minimum Gasteiger partial charge on any atom is -0.379 e. The number of hydrogen-bond donors (Lipinski definition) is 1. The maximum Gasteiger partial charge on any atom is 0.248 e. The third-order valence-corrected chi connectivity index (χ3v) is 9.36. The minimum absolute atomic E-state index is 0.155. The first-order chi connectivity index (χ1) is 16.2. The number of anilines is 1. The first kappa shape index (κ1) is 26.0. The number of carbonyl (C=O) groups excluding carboxylic acids is 1. The van der Waals surface area contributed by atoms with Gasteiger partial charge in [-0.3, -0.25) is 4.79 Å². The van der Waals surface area contributed by atoms with Crippen LogP contribution in [0.3, 0.4) is 0 Å². The molecule has 34 heavy (non-hydrogen) atoms. The van der Waals surface area contributed by atoms with E-state index in [1.54, 1.807) is 32.1 Å². The third kappa shape index (κ3) is 6.10. The lowest BCUT2D eigenvalue weighted by atomic mass is 10.2. The Morgan fingerprint density at radius 1 is 0.941 bits per heavy atom. The fraction of sp³-hybridized carbons (Fsp3) is 0.348. The van der Waals surface area contributed by atoms with Crippen LogP contribution in [0, 0.1) is 0 Å². The fourth-order valence-electron chi connectivity index (χ4n) is 3.47. The summed E-state index contributed by atoms with van der Waals surface area (Å²) in [6.45, 7) is 5.71. The van der Waals surface area contributed by atoms with Crippen LogP contribution in [0.4, 0.5) is 5.69 Å². The van der Waals surface area contributed by atoms with E-state index in [4.69, 9.17) is 4.74 Å². The molecule has 1 aliphatic rings. The zero-order valence-corrected chi connectivity index (χ0v) is 20.8. The maximum absolute atomic E-state index is 12.7. The van der Waals surface area contributed by atoms with Crippen molar-refractivity contribution in [3.8, 4) is 0 Å². The fourth-order valence-corrected chi connectivity index (χ4v) is 6.33. The van der Waals surface area contributed by atoms with Gasteiger partial charge in [-0.25, -0.2) is 16.8 Å². The van der Waals surface area contributed by atoms with Crippen molar-refractivity contribution in [2.24, 2.45) is 0 Å². The summed E-state index contributed by atoms with van der Waals surface area (Å²) in [5.41, 5.74) is 1.12. The zero-order chi connectivity index (χ0) is 24.8. The standard InChI is InChI=1S/C23H29N3O6S2/c1-3-25(4-2)33(28,29)21-10-5-19(6-11-21)7-14-23(27)24-20-8-12-22(13-9-20)34(30,31)26-15-17-32-18-16-26/h5-14H,3-4,15-18H2,1-2H3,(H,24,27). The molecule has 0 aliphatic carbocycles. The number of ether oxygens (including phenoxy) is 1. The Labute approximate surface area is 201 Å². The van der Waals surface area contributed by atoms with E-state index in [-0.39, 0.29) is 9.79 Å². The number of hydrogen-bond acceptors (Lipinski definition) is 6. The van der Waals surface area contributed by atoms with Crippen LogP contribution in [-0.4, -0.2) is 70.7 Å². The summed E-state index contributed by atoms with van der Waals surface area (Å²) in [6, 6.07) is 12.3. The Balaban J connectivity index is 1.62. The van der Waals surface area contributed by atoms with E-state index in [1.165, 1.54) is 51.1 Å². The third-order valence-electron chi connectivity index (χ3n) is 5.38. The van der Waals surface area contributed by atoms with Crippen molar-refractivity contribution < 1.29 is 26.4 Å². The van der Waals surface area contributed by atoms with Crippen LogP contribution in [0.5, 0.6) is 0 Å². The highest BCUT2D eigenvalue weighted by Gasteiger charge is 2.26. The molecule has 0 unspecified atom stereocenters. The van der Waals surface area contributed by atoms with Gasteiger partial charge >= 0.3 is 0 Å². The summed E-state index contributed by atoms with van der Waals surface area (Å²) in [5, 5.41) is 2.68. The van der Waals surface area contributed by atoms with E-state index < -0.39 is 26.0 Å². The molecule has 1 saturated heterocycles. The topological polar surface area (TPSA) is 113 Å². The molecular weight excluding hydrogens is 478 g/mol. The molecule has 0 saturated carbocycles. The summed E-state index contributed by atoms with van der Waals surface area (Å²) in [4.78, 5) is 12.6. The second kappa shape index (κ2) is 11.2. The van der Waals surface area contributed by atoms with E-state index in [0.29, 0.717) is 50.6 Å². The van der Waals surface area contributed by atoms with Crippen molar-refractivity contribution in [1.29, 1.82) is 0 Å². The smallest absolute Gasteiger partial charge is 0.248 e. The molecule has 0 bridgehead atoms. The molecule has 3 rings (SSSR count). The second-order valence-electron chi connectivity index (χ2n) is 7.52. The summed E-state index contributed by atoms with van der Waals surface area (Å²) in [6.07, 6.45) is 2.90. The van der Waals surface area contributed by atoms with Gasteiger partial charge in [0, 0.05) is 37.9 Å². The van der Waals surface area contributed by atoms with E-state index in [9.17, 15) is 21.6 Å². The molecule has 2 aromatic carbocycles. The largest absolute Gasteiger partial charge is 0.379 e. The zero-order valence-electron chi connectivity index (χ0n) is 19.2. The molecule has 11 heteroatoms. The van der Waals surface area contributed by atoms with E-state index in [2.05, 4.69) is 5.32 Å². The van der Waals surface area contributed by atoms with Crippen LogP contribution in [0.2, 0.25) is 0 Å². The number of morpholine rings is 1. The van der Waals surface area contributed by atoms with Gasteiger partial charge in [0.1, 0.15) is 0 Å². The van der Waals surface area contributed by atoms with Gasteiger partial charge in [0.2, 0.25) is 26.0 Å². The van der Waals surface area contributed by atoms with Gasteiger partial charge in [0.25, 0.3) is 0 Å². The van der Waals surface area contributed by atoms with Crippen molar-refractivity contribution in [2.45, 2.75) is 23.6 Å². The van der Waals surface area contributed by atoms with Gasteiger partial charge < -0.3 is 10.1 Å². The Morgan fingerprint density at radius 2 is 1.50 bits per heavy atom. The molecule has 1 N–H and O–H groups in total. The lowest BCUT2D eigenvalue weighted by Gasteiger charge is -2.26. The molecule has 2 aromatic rings. The lowest BCUT2D eigenvalue weighted by molar-refractivity contribution is -0.111. The number of nitrogens with one attached hydrogen (secondary N) is 1. The Bertz CT molecular complexity index is 1210. The maximum atomic E-state index is 12.7. The monoisotopic (exact) mass is 507 g/mol.